The molecule has 96 valence electrons. The number of aromatic amines is 2. The number of rotatable bonds is 3. The molecule has 0 amide bonds. The highest BCUT2D eigenvalue weighted by Crippen LogP contribution is 2.32. The zero-order chi connectivity index (χ0) is 13.2. The summed E-state index contributed by atoms with van der Waals surface area (Å²) in [7, 11) is 0. The summed E-state index contributed by atoms with van der Waals surface area (Å²) in [5.74, 6) is 0.241. The topological polar surface area (TPSA) is 31.6 Å². The lowest BCUT2D eigenvalue weighted by Crippen LogP contribution is -2.06. The Balaban J connectivity index is 2.17. The Kier molecular flexibility index (Phi) is 3.00. The number of hydrogen-bond acceptors (Lipinski definition) is 0. The minimum absolute atomic E-state index is 0.241. The van der Waals surface area contributed by atoms with Crippen LogP contribution in [0.5, 0.6) is 0 Å². The molecule has 1 aromatic carbocycles. The van der Waals surface area contributed by atoms with E-state index in [9.17, 15) is 0 Å². The largest absolute Gasteiger partial charge is 0.364 e. The first-order valence-electron chi connectivity index (χ1n) is 6.59. The zero-order valence-electron chi connectivity index (χ0n) is 11.3. The van der Waals surface area contributed by atoms with Crippen molar-refractivity contribution in [1.82, 2.24) is 9.97 Å². The van der Waals surface area contributed by atoms with Crippen molar-refractivity contribution in [1.29, 1.82) is 0 Å². The molecule has 0 aliphatic heterocycles. The fourth-order valence-electron chi connectivity index (χ4n) is 2.62. The van der Waals surface area contributed by atoms with E-state index in [0.717, 1.165) is 0 Å². The predicted octanol–water partition coefficient (Wildman–Crippen LogP) is 4.14. The first-order valence-corrected chi connectivity index (χ1v) is 6.59. The molecule has 0 saturated carbocycles. The van der Waals surface area contributed by atoms with Crippen LogP contribution in [0.2, 0.25) is 0 Å². The number of benzene rings is 1. The minimum Gasteiger partial charge on any atom is -0.364 e. The van der Waals surface area contributed by atoms with E-state index in [-0.39, 0.29) is 5.92 Å². The molecule has 3 aromatic rings. The van der Waals surface area contributed by atoms with Crippen molar-refractivity contribution in [2.24, 2.45) is 0 Å². The van der Waals surface area contributed by atoms with E-state index in [0.29, 0.717) is 0 Å². The average Bonchev–Trinajstić information content (AvgIpc) is 3.07. The summed E-state index contributed by atoms with van der Waals surface area (Å²) in [6.07, 6.45) is 3.97. The first kappa shape index (κ1) is 11.8. The lowest BCUT2D eigenvalue weighted by molar-refractivity contribution is 0.886. The summed E-state index contributed by atoms with van der Waals surface area (Å²) in [6, 6.07) is 15.0. The van der Waals surface area contributed by atoms with Gasteiger partial charge in [0.25, 0.3) is 0 Å². The van der Waals surface area contributed by atoms with E-state index in [2.05, 4.69) is 66.3 Å². The number of hydrogen-bond donors (Lipinski definition) is 2. The number of nitrogens with one attached hydrogen (secondary N) is 2. The molecule has 0 atom stereocenters. The second-order valence-corrected chi connectivity index (χ2v) is 5.04. The summed E-state index contributed by atoms with van der Waals surface area (Å²) in [5.41, 5.74) is 6.40. The van der Waals surface area contributed by atoms with Crippen molar-refractivity contribution in [3.63, 3.8) is 0 Å². The molecule has 0 spiro atoms. The summed E-state index contributed by atoms with van der Waals surface area (Å²) in [6.45, 7) is 4.32. The van der Waals surface area contributed by atoms with Crippen LogP contribution < -0.4 is 0 Å². The Morgan fingerprint density at radius 2 is 1.47 bits per heavy atom. The molecule has 0 saturated heterocycles. The smallest absolute Gasteiger partial charge is 0.0644 e. The maximum Gasteiger partial charge on any atom is 0.0644 e. The van der Waals surface area contributed by atoms with Crippen molar-refractivity contribution < 1.29 is 0 Å². The molecule has 2 heterocycles. The quantitative estimate of drug-likeness (QED) is 0.700. The fourth-order valence-corrected chi connectivity index (χ4v) is 2.62. The molecule has 19 heavy (non-hydrogen) atoms. The third-order valence-electron chi connectivity index (χ3n) is 3.61. The average molecular weight is 250 g/mol. The molecule has 0 radical (unpaired) electrons. The molecular formula is C17H18N2. The molecular weight excluding hydrogens is 232 g/mol. The van der Waals surface area contributed by atoms with E-state index in [1.165, 1.54) is 28.1 Å². The number of aryl methyl sites for hydroxylation is 2. The van der Waals surface area contributed by atoms with Crippen LogP contribution in [-0.4, -0.2) is 9.97 Å². The SMILES string of the molecule is Cc1ccc(C)c(C(c2ccc[nH]2)c2ccc[nH]2)c1. The fraction of sp³-hybridized carbons (Fsp3) is 0.176. The van der Waals surface area contributed by atoms with Crippen LogP contribution in [-0.2, 0) is 0 Å². The molecule has 0 aliphatic carbocycles. The van der Waals surface area contributed by atoms with Gasteiger partial charge in [0.2, 0.25) is 0 Å². The molecule has 2 N–H and O–H groups in total. The Bertz CT molecular complexity index is 614. The van der Waals surface area contributed by atoms with Gasteiger partial charge in [-0.3, -0.25) is 0 Å². The Morgan fingerprint density at radius 1 is 0.842 bits per heavy atom. The van der Waals surface area contributed by atoms with Crippen LogP contribution in [0.25, 0.3) is 0 Å². The van der Waals surface area contributed by atoms with Crippen molar-refractivity contribution in [3.05, 3.63) is 82.9 Å². The van der Waals surface area contributed by atoms with Gasteiger partial charge in [0.1, 0.15) is 0 Å². The summed E-state index contributed by atoms with van der Waals surface area (Å²) >= 11 is 0. The van der Waals surface area contributed by atoms with E-state index in [1.807, 2.05) is 12.4 Å². The maximum absolute atomic E-state index is 3.35. The maximum atomic E-state index is 3.35. The zero-order valence-corrected chi connectivity index (χ0v) is 11.3. The second kappa shape index (κ2) is 4.81. The van der Waals surface area contributed by atoms with Crippen LogP contribution in [0.3, 0.4) is 0 Å². The molecule has 0 bridgehead atoms. The minimum atomic E-state index is 0.241. The van der Waals surface area contributed by atoms with Crippen LogP contribution >= 0.6 is 0 Å². The van der Waals surface area contributed by atoms with Gasteiger partial charge in [0, 0.05) is 23.8 Å². The lowest BCUT2D eigenvalue weighted by Gasteiger charge is -2.18. The Hall–Kier alpha value is -2.22. The van der Waals surface area contributed by atoms with Gasteiger partial charge in [-0.2, -0.15) is 0 Å². The van der Waals surface area contributed by atoms with Gasteiger partial charge in [-0.25, -0.2) is 0 Å². The van der Waals surface area contributed by atoms with Gasteiger partial charge < -0.3 is 9.97 Å². The van der Waals surface area contributed by atoms with E-state index < -0.39 is 0 Å². The number of H-pyrrole nitrogens is 2. The number of aromatic nitrogens is 2. The standard InChI is InChI=1S/C17H18N2/c1-12-7-8-13(2)14(11-12)17(15-5-3-9-18-15)16-6-4-10-19-16/h3-11,17-19H,1-2H3. The van der Waals surface area contributed by atoms with E-state index in [1.54, 1.807) is 0 Å². The molecule has 2 nitrogen and oxygen atoms in total. The van der Waals surface area contributed by atoms with Gasteiger partial charge in [0.05, 0.1) is 5.92 Å². The van der Waals surface area contributed by atoms with Gasteiger partial charge in [-0.05, 0) is 49.2 Å². The third kappa shape index (κ3) is 2.22. The van der Waals surface area contributed by atoms with Crippen LogP contribution in [0, 0.1) is 13.8 Å². The van der Waals surface area contributed by atoms with Gasteiger partial charge >= 0.3 is 0 Å². The molecule has 0 fully saturated rings. The monoisotopic (exact) mass is 250 g/mol. The molecule has 3 rings (SSSR count). The van der Waals surface area contributed by atoms with Crippen LogP contribution in [0.1, 0.15) is 34.0 Å². The molecule has 0 unspecified atom stereocenters. The Labute approximate surface area is 113 Å². The van der Waals surface area contributed by atoms with Gasteiger partial charge in [-0.15, -0.1) is 0 Å². The lowest BCUT2D eigenvalue weighted by atomic mass is 9.88. The van der Waals surface area contributed by atoms with Crippen molar-refractivity contribution in [2.45, 2.75) is 19.8 Å². The van der Waals surface area contributed by atoms with Gasteiger partial charge in [0.15, 0.2) is 0 Å². The van der Waals surface area contributed by atoms with E-state index in [4.69, 9.17) is 0 Å². The van der Waals surface area contributed by atoms with Crippen molar-refractivity contribution in [2.75, 3.05) is 0 Å². The Morgan fingerprint density at radius 3 is 2.00 bits per heavy atom. The highest BCUT2D eigenvalue weighted by atomic mass is 14.7. The highest BCUT2D eigenvalue weighted by Gasteiger charge is 2.20. The third-order valence-corrected chi connectivity index (χ3v) is 3.61. The predicted molar refractivity (Wildman–Crippen MR) is 78.4 cm³/mol. The normalized spacial score (nSPS) is 11.1. The highest BCUT2D eigenvalue weighted by molar-refractivity contribution is 5.43. The summed E-state index contributed by atoms with van der Waals surface area (Å²) in [5, 5.41) is 0. The summed E-state index contributed by atoms with van der Waals surface area (Å²) < 4.78 is 0. The van der Waals surface area contributed by atoms with Crippen molar-refractivity contribution in [3.8, 4) is 0 Å². The van der Waals surface area contributed by atoms with Crippen LogP contribution in [0.15, 0.2) is 54.9 Å². The molecule has 2 aromatic heterocycles. The molecule has 2 heteroatoms. The first-order chi connectivity index (χ1) is 9.25. The van der Waals surface area contributed by atoms with Gasteiger partial charge in [-0.1, -0.05) is 23.8 Å². The summed E-state index contributed by atoms with van der Waals surface area (Å²) in [4.78, 5) is 6.70. The van der Waals surface area contributed by atoms with E-state index >= 15 is 0 Å². The second-order valence-electron chi connectivity index (χ2n) is 5.04. The van der Waals surface area contributed by atoms with Crippen molar-refractivity contribution >= 4 is 0 Å². The molecule has 0 aliphatic rings. The van der Waals surface area contributed by atoms with Crippen LogP contribution in [0.4, 0.5) is 0 Å².